The molecule has 14 rings (SSSR count). The van der Waals surface area contributed by atoms with Gasteiger partial charge in [-0.05, 0) is 125 Å². The van der Waals surface area contributed by atoms with Crippen LogP contribution < -0.4 is 9.80 Å². The van der Waals surface area contributed by atoms with Crippen LogP contribution in [0.2, 0.25) is 0 Å². The van der Waals surface area contributed by atoms with Crippen LogP contribution >= 0.6 is 10.0 Å². The largest absolute Gasteiger partial charge is 0.310 e. The van der Waals surface area contributed by atoms with Gasteiger partial charge in [-0.3, -0.25) is 0 Å². The SMILES string of the molecule is c1ccc(N(c2ccc3c(c2)S(c2ccccc2)(c2ccccc2)c2cc(N(c4ccccc4)c4cccc5ccccc45)cc4c2c2c-3cccc2n4-c2ccccc2)c2cccc3ccccc23)cc1. The summed E-state index contributed by atoms with van der Waals surface area (Å²) in [5.41, 5.74) is 12.6. The number of rotatable bonds is 9. The van der Waals surface area contributed by atoms with Crippen LogP contribution in [0.5, 0.6) is 0 Å². The molecule has 0 aliphatic carbocycles. The fraction of sp³-hybridized carbons (Fsp3) is 0. The molecule has 0 saturated carbocycles. The molecular formula is C68H47N3S. The van der Waals surface area contributed by atoms with Crippen molar-refractivity contribution in [2.45, 2.75) is 19.6 Å². The zero-order chi connectivity index (χ0) is 47.6. The summed E-state index contributed by atoms with van der Waals surface area (Å²) in [6.45, 7) is 0. The molecule has 13 aromatic rings. The third-order valence-corrected chi connectivity index (χ3v) is 18.5. The lowest BCUT2D eigenvalue weighted by molar-refractivity contribution is 1.17. The zero-order valence-electron chi connectivity index (χ0n) is 39.4. The first kappa shape index (κ1) is 41.8. The highest BCUT2D eigenvalue weighted by atomic mass is 32.3. The molecule has 3 nitrogen and oxygen atoms in total. The molecule has 1 aliphatic heterocycles. The van der Waals surface area contributed by atoms with Crippen LogP contribution in [0.3, 0.4) is 0 Å². The minimum absolute atomic E-state index is 1.09. The first-order valence-electron chi connectivity index (χ1n) is 24.7. The standard InChI is InChI=1S/C68H47N3S/c1-6-27-50(28-7-1)69(61-40-20-25-48-23-16-18-37-57(48)61)53-43-44-59-60-39-22-42-63-67(60)68-64(71(63)52-31-10-3-11-32-52)45-54(70(51-29-8-2-9-30-51)62-41-21-26-49-24-17-19-38-58(49)62)47-66(68)72(65(59)46-53,55-33-12-4-13-34-55)56-35-14-5-15-36-56/h1-47H. The molecule has 0 atom stereocenters. The number of hydrogen-bond donors (Lipinski definition) is 0. The van der Waals surface area contributed by atoms with E-state index < -0.39 is 10.0 Å². The fourth-order valence-corrected chi connectivity index (χ4v) is 15.8. The van der Waals surface area contributed by atoms with Crippen LogP contribution in [0, 0.1) is 0 Å². The van der Waals surface area contributed by atoms with Gasteiger partial charge in [0.25, 0.3) is 0 Å². The quantitative estimate of drug-likeness (QED) is 0.143. The second-order valence-electron chi connectivity index (χ2n) is 18.5. The summed E-state index contributed by atoms with van der Waals surface area (Å²) < 4.78 is 2.52. The van der Waals surface area contributed by atoms with E-state index in [0.717, 1.165) is 45.3 Å². The minimum atomic E-state index is -2.38. The van der Waals surface area contributed by atoms with Gasteiger partial charge in [0.2, 0.25) is 0 Å². The number of benzene rings is 12. The van der Waals surface area contributed by atoms with Crippen LogP contribution in [-0.2, 0) is 0 Å². The molecule has 0 radical (unpaired) electrons. The summed E-state index contributed by atoms with van der Waals surface area (Å²) >= 11 is 0. The number of aromatic nitrogens is 1. The Morgan fingerprint density at radius 2 is 0.764 bits per heavy atom. The summed E-state index contributed by atoms with van der Waals surface area (Å²) in [7, 11) is -2.38. The molecule has 0 bridgehead atoms. The van der Waals surface area contributed by atoms with Crippen LogP contribution in [0.1, 0.15) is 0 Å². The van der Waals surface area contributed by atoms with E-state index in [4.69, 9.17) is 0 Å². The van der Waals surface area contributed by atoms with Gasteiger partial charge in [0.05, 0.1) is 22.4 Å². The molecule has 0 N–H and O–H groups in total. The van der Waals surface area contributed by atoms with E-state index in [2.05, 4.69) is 299 Å². The highest BCUT2D eigenvalue weighted by Gasteiger charge is 2.42. The summed E-state index contributed by atoms with van der Waals surface area (Å²) in [5.74, 6) is 0. The molecule has 12 aromatic carbocycles. The molecule has 0 fully saturated rings. The van der Waals surface area contributed by atoms with Crippen molar-refractivity contribution in [3.05, 3.63) is 285 Å². The Hall–Kier alpha value is -9.09. The molecule has 340 valence electrons. The number of anilines is 6. The summed E-state index contributed by atoms with van der Waals surface area (Å²) in [4.78, 5) is 10.1. The number of hydrogen-bond acceptors (Lipinski definition) is 2. The van der Waals surface area contributed by atoms with Gasteiger partial charge in [0, 0.05) is 69.6 Å². The van der Waals surface area contributed by atoms with Crippen LogP contribution in [0.25, 0.3) is 60.2 Å². The van der Waals surface area contributed by atoms with Crippen molar-refractivity contribution in [1.82, 2.24) is 4.57 Å². The maximum absolute atomic E-state index is 2.57. The van der Waals surface area contributed by atoms with Gasteiger partial charge in [-0.1, -0.05) is 182 Å². The zero-order valence-corrected chi connectivity index (χ0v) is 40.2. The summed E-state index contributed by atoms with van der Waals surface area (Å²) in [6, 6.07) is 106. The monoisotopic (exact) mass is 937 g/mol. The molecule has 0 saturated heterocycles. The van der Waals surface area contributed by atoms with Crippen molar-refractivity contribution in [1.29, 1.82) is 0 Å². The first-order chi connectivity index (χ1) is 35.8. The van der Waals surface area contributed by atoms with Gasteiger partial charge in [-0.25, -0.2) is 0 Å². The second-order valence-corrected chi connectivity index (χ2v) is 21.5. The smallest absolute Gasteiger partial charge is 0.0573 e. The predicted octanol–water partition coefficient (Wildman–Crippen LogP) is 19.4. The molecule has 1 aliphatic rings. The fourth-order valence-electron chi connectivity index (χ4n) is 11.5. The lowest BCUT2D eigenvalue weighted by atomic mass is 9.98. The molecule has 2 heterocycles. The van der Waals surface area contributed by atoms with Crippen molar-refractivity contribution >= 4 is 87.5 Å². The lowest BCUT2D eigenvalue weighted by Gasteiger charge is -2.44. The third kappa shape index (κ3) is 6.46. The molecular weight excluding hydrogens is 891 g/mol. The van der Waals surface area contributed by atoms with Gasteiger partial charge in [0.15, 0.2) is 0 Å². The van der Waals surface area contributed by atoms with E-state index >= 15 is 0 Å². The molecule has 0 amide bonds. The van der Waals surface area contributed by atoms with Crippen LogP contribution in [0.4, 0.5) is 34.1 Å². The molecule has 1 aromatic heterocycles. The van der Waals surface area contributed by atoms with E-state index in [0.29, 0.717) is 0 Å². The van der Waals surface area contributed by atoms with E-state index in [1.54, 1.807) is 0 Å². The Morgan fingerprint density at radius 3 is 1.35 bits per heavy atom. The van der Waals surface area contributed by atoms with Crippen molar-refractivity contribution in [2.75, 3.05) is 9.80 Å². The first-order valence-corrected chi connectivity index (χ1v) is 26.3. The Bertz CT molecular complexity index is 4100. The van der Waals surface area contributed by atoms with Crippen molar-refractivity contribution < 1.29 is 0 Å². The number of fused-ring (bicyclic) bond motifs is 4. The van der Waals surface area contributed by atoms with Gasteiger partial charge < -0.3 is 14.4 Å². The number of nitrogens with zero attached hydrogens (tertiary/aromatic N) is 3. The Balaban J connectivity index is 1.18. The molecule has 0 spiro atoms. The van der Waals surface area contributed by atoms with Gasteiger partial charge >= 0.3 is 0 Å². The van der Waals surface area contributed by atoms with Crippen molar-refractivity contribution in [2.24, 2.45) is 0 Å². The normalized spacial score (nSPS) is 13.0. The lowest BCUT2D eigenvalue weighted by Crippen LogP contribution is -2.14. The minimum Gasteiger partial charge on any atom is -0.310 e. The van der Waals surface area contributed by atoms with E-state index in [1.807, 2.05) is 0 Å². The summed E-state index contributed by atoms with van der Waals surface area (Å²) in [6.07, 6.45) is 0. The van der Waals surface area contributed by atoms with Crippen molar-refractivity contribution in [3.63, 3.8) is 0 Å². The molecule has 4 heteroatoms. The molecule has 72 heavy (non-hydrogen) atoms. The number of para-hydroxylation sites is 3. The van der Waals surface area contributed by atoms with E-state index in [1.165, 1.54) is 68.5 Å². The topological polar surface area (TPSA) is 11.4 Å². The maximum atomic E-state index is 2.57. The average molecular weight is 938 g/mol. The van der Waals surface area contributed by atoms with Gasteiger partial charge in [-0.15, -0.1) is 10.0 Å². The second kappa shape index (κ2) is 17.1. The Labute approximate surface area is 421 Å². The Kier molecular flexibility index (Phi) is 9.94. The van der Waals surface area contributed by atoms with Gasteiger partial charge in [0.1, 0.15) is 0 Å². The highest BCUT2D eigenvalue weighted by Crippen LogP contribution is 2.78. The highest BCUT2D eigenvalue weighted by molar-refractivity contribution is 8.34. The Morgan fingerprint density at radius 1 is 0.292 bits per heavy atom. The van der Waals surface area contributed by atoms with Crippen LogP contribution in [-0.4, -0.2) is 4.57 Å². The summed E-state index contributed by atoms with van der Waals surface area (Å²) in [5, 5.41) is 7.32. The van der Waals surface area contributed by atoms with E-state index in [9.17, 15) is 0 Å². The van der Waals surface area contributed by atoms with Crippen molar-refractivity contribution in [3.8, 4) is 16.8 Å². The predicted molar refractivity (Wildman–Crippen MR) is 304 cm³/mol. The third-order valence-electron chi connectivity index (χ3n) is 14.5. The molecule has 0 unspecified atom stereocenters. The average Bonchev–Trinajstić information content (AvgIpc) is 3.75. The van der Waals surface area contributed by atoms with Crippen LogP contribution in [0.15, 0.2) is 305 Å². The van der Waals surface area contributed by atoms with E-state index in [-0.39, 0.29) is 0 Å². The maximum Gasteiger partial charge on any atom is 0.0573 e. The van der Waals surface area contributed by atoms with Gasteiger partial charge in [-0.2, -0.15) is 0 Å².